The molecule has 1 aromatic carbocycles. The van der Waals surface area contributed by atoms with Crippen molar-refractivity contribution in [3.8, 4) is 0 Å². The molecule has 2 nitrogen and oxygen atoms in total. The summed E-state index contributed by atoms with van der Waals surface area (Å²) in [7, 11) is 0. The second-order valence-corrected chi connectivity index (χ2v) is 5.96. The van der Waals surface area contributed by atoms with Crippen molar-refractivity contribution >= 4 is 33.0 Å². The molecule has 0 fully saturated rings. The Kier molecular flexibility index (Phi) is 3.30. The Morgan fingerprint density at radius 3 is 2.69 bits per heavy atom. The van der Waals surface area contributed by atoms with Gasteiger partial charge in [-0.3, -0.25) is 0 Å². The first-order valence-corrected chi connectivity index (χ1v) is 6.64. The molecule has 2 N–H and O–H groups in total. The van der Waals surface area contributed by atoms with Gasteiger partial charge in [0.1, 0.15) is 0 Å². The number of nitrogens with two attached hydrogens (primary N) is 1. The molecule has 0 bridgehead atoms. The highest BCUT2D eigenvalue weighted by molar-refractivity contribution is 9.10. The van der Waals surface area contributed by atoms with Crippen LogP contribution in [0.1, 0.15) is 21.1 Å². The van der Waals surface area contributed by atoms with Crippen LogP contribution in [0.2, 0.25) is 0 Å². The fraction of sp³-hybridized carbons (Fsp3) is 0.250. The van der Waals surface area contributed by atoms with E-state index in [4.69, 9.17) is 5.73 Å². The minimum absolute atomic E-state index is 0.833. The molecule has 0 unspecified atom stereocenters. The quantitative estimate of drug-likeness (QED) is 0.859. The summed E-state index contributed by atoms with van der Waals surface area (Å²) in [6, 6.07) is 6.03. The summed E-state index contributed by atoms with van der Waals surface area (Å²) >= 11 is 5.15. The first-order valence-electron chi connectivity index (χ1n) is 5.03. The van der Waals surface area contributed by atoms with E-state index in [1.807, 2.05) is 26.0 Å². The molecule has 0 aliphatic heterocycles. The van der Waals surface area contributed by atoms with Crippen LogP contribution < -0.4 is 5.73 Å². The molecule has 16 heavy (non-hydrogen) atoms. The molecule has 84 valence electrons. The number of thiazole rings is 1. The van der Waals surface area contributed by atoms with Gasteiger partial charge in [-0.1, -0.05) is 22.0 Å². The van der Waals surface area contributed by atoms with E-state index in [1.54, 1.807) is 11.3 Å². The van der Waals surface area contributed by atoms with E-state index in [0.29, 0.717) is 0 Å². The van der Waals surface area contributed by atoms with Gasteiger partial charge in [-0.05, 0) is 31.5 Å². The maximum Gasteiger partial charge on any atom is 0.0900 e. The lowest BCUT2D eigenvalue weighted by Crippen LogP contribution is -1.95. The molecule has 0 spiro atoms. The molecule has 2 aromatic rings. The number of rotatable bonds is 2. The molecule has 0 radical (unpaired) electrons. The standard InChI is InChI=1S/C12H13BrN2S/c1-7-12(16-8(2)15-7)5-9-3-4-10(13)6-11(9)14/h3-4,6H,5,14H2,1-2H3. The molecule has 0 aliphatic rings. The Hall–Kier alpha value is -0.870. The van der Waals surface area contributed by atoms with Gasteiger partial charge in [-0.2, -0.15) is 0 Å². The van der Waals surface area contributed by atoms with E-state index in [2.05, 4.69) is 27.0 Å². The van der Waals surface area contributed by atoms with Crippen LogP contribution in [0.3, 0.4) is 0 Å². The van der Waals surface area contributed by atoms with Crippen molar-refractivity contribution in [1.82, 2.24) is 4.98 Å². The van der Waals surface area contributed by atoms with Crippen molar-refractivity contribution in [3.63, 3.8) is 0 Å². The topological polar surface area (TPSA) is 38.9 Å². The molecule has 4 heteroatoms. The predicted molar refractivity (Wildman–Crippen MR) is 72.9 cm³/mol. The Morgan fingerprint density at radius 2 is 2.12 bits per heavy atom. The third kappa shape index (κ3) is 2.44. The van der Waals surface area contributed by atoms with Crippen LogP contribution in [0, 0.1) is 13.8 Å². The van der Waals surface area contributed by atoms with Crippen molar-refractivity contribution in [2.75, 3.05) is 5.73 Å². The lowest BCUT2D eigenvalue weighted by Gasteiger charge is -2.05. The lowest BCUT2D eigenvalue weighted by molar-refractivity contribution is 1.13. The van der Waals surface area contributed by atoms with Gasteiger partial charge < -0.3 is 5.73 Å². The first kappa shape index (κ1) is 11.6. The number of benzene rings is 1. The van der Waals surface area contributed by atoms with Crippen LogP contribution >= 0.6 is 27.3 Å². The van der Waals surface area contributed by atoms with Crippen LogP contribution in [0.25, 0.3) is 0 Å². The Morgan fingerprint density at radius 1 is 1.38 bits per heavy atom. The van der Waals surface area contributed by atoms with Gasteiger partial charge in [0.15, 0.2) is 0 Å². The van der Waals surface area contributed by atoms with Crippen LogP contribution in [0.15, 0.2) is 22.7 Å². The Bertz CT molecular complexity index is 520. The van der Waals surface area contributed by atoms with Crippen molar-refractivity contribution < 1.29 is 0 Å². The van der Waals surface area contributed by atoms with Gasteiger partial charge in [0, 0.05) is 21.5 Å². The highest BCUT2D eigenvalue weighted by Gasteiger charge is 2.08. The number of nitrogen functional groups attached to an aromatic ring is 1. The highest BCUT2D eigenvalue weighted by atomic mass is 79.9. The van der Waals surface area contributed by atoms with Gasteiger partial charge in [0.25, 0.3) is 0 Å². The van der Waals surface area contributed by atoms with Crippen molar-refractivity contribution in [2.24, 2.45) is 0 Å². The molecule has 1 heterocycles. The molecular weight excluding hydrogens is 284 g/mol. The Labute approximate surface area is 108 Å². The Balaban J connectivity index is 2.30. The maximum atomic E-state index is 5.98. The second-order valence-electron chi connectivity index (χ2n) is 3.76. The number of anilines is 1. The van der Waals surface area contributed by atoms with Crippen LogP contribution in [-0.2, 0) is 6.42 Å². The fourth-order valence-electron chi connectivity index (χ4n) is 1.64. The predicted octanol–water partition coefficient (Wildman–Crippen LogP) is 3.70. The molecule has 0 atom stereocenters. The average molecular weight is 297 g/mol. The number of nitrogens with zero attached hydrogens (tertiary/aromatic N) is 1. The van der Waals surface area contributed by atoms with Gasteiger partial charge in [0.2, 0.25) is 0 Å². The summed E-state index contributed by atoms with van der Waals surface area (Å²) in [6.45, 7) is 4.08. The minimum Gasteiger partial charge on any atom is -0.398 e. The first-order chi connectivity index (χ1) is 7.56. The van der Waals surface area contributed by atoms with Crippen LogP contribution in [0.5, 0.6) is 0 Å². The molecule has 0 saturated carbocycles. The number of halogens is 1. The van der Waals surface area contributed by atoms with Crippen LogP contribution in [0.4, 0.5) is 5.69 Å². The second kappa shape index (κ2) is 4.55. The zero-order valence-electron chi connectivity index (χ0n) is 9.25. The highest BCUT2D eigenvalue weighted by Crippen LogP contribution is 2.25. The SMILES string of the molecule is Cc1nc(C)c(Cc2ccc(Br)cc2N)s1. The minimum atomic E-state index is 0.833. The van der Waals surface area contributed by atoms with Gasteiger partial charge in [-0.25, -0.2) is 4.98 Å². The van der Waals surface area contributed by atoms with E-state index in [9.17, 15) is 0 Å². The summed E-state index contributed by atoms with van der Waals surface area (Å²) in [5.41, 5.74) is 9.09. The smallest absolute Gasteiger partial charge is 0.0900 e. The number of aryl methyl sites for hydroxylation is 2. The summed E-state index contributed by atoms with van der Waals surface area (Å²) < 4.78 is 1.02. The van der Waals surface area contributed by atoms with E-state index in [1.165, 1.54) is 4.88 Å². The third-order valence-electron chi connectivity index (χ3n) is 2.46. The van der Waals surface area contributed by atoms with Crippen molar-refractivity contribution in [1.29, 1.82) is 0 Å². The van der Waals surface area contributed by atoms with E-state index >= 15 is 0 Å². The number of hydrogen-bond donors (Lipinski definition) is 1. The zero-order valence-corrected chi connectivity index (χ0v) is 11.7. The normalized spacial score (nSPS) is 10.7. The number of aromatic nitrogens is 1. The molecule has 0 saturated heterocycles. The largest absolute Gasteiger partial charge is 0.398 e. The molecule has 2 rings (SSSR count). The molecule has 1 aromatic heterocycles. The molecule has 0 amide bonds. The lowest BCUT2D eigenvalue weighted by atomic mass is 10.1. The monoisotopic (exact) mass is 296 g/mol. The number of hydrogen-bond acceptors (Lipinski definition) is 3. The van der Waals surface area contributed by atoms with E-state index in [-0.39, 0.29) is 0 Å². The zero-order chi connectivity index (χ0) is 11.7. The summed E-state index contributed by atoms with van der Waals surface area (Å²) in [5, 5.41) is 1.11. The molecule has 0 aliphatic carbocycles. The average Bonchev–Trinajstić information content (AvgIpc) is 2.50. The van der Waals surface area contributed by atoms with E-state index < -0.39 is 0 Å². The van der Waals surface area contributed by atoms with Gasteiger partial charge in [-0.15, -0.1) is 11.3 Å². The summed E-state index contributed by atoms with van der Waals surface area (Å²) in [6.07, 6.45) is 0.871. The maximum absolute atomic E-state index is 5.98. The van der Waals surface area contributed by atoms with Gasteiger partial charge >= 0.3 is 0 Å². The van der Waals surface area contributed by atoms with Crippen molar-refractivity contribution in [2.45, 2.75) is 20.3 Å². The summed E-state index contributed by atoms with van der Waals surface area (Å²) in [5.74, 6) is 0. The van der Waals surface area contributed by atoms with E-state index in [0.717, 1.165) is 32.8 Å². The van der Waals surface area contributed by atoms with Crippen molar-refractivity contribution in [3.05, 3.63) is 43.8 Å². The fourth-order valence-corrected chi connectivity index (χ4v) is 2.98. The van der Waals surface area contributed by atoms with Crippen LogP contribution in [-0.4, -0.2) is 4.98 Å². The van der Waals surface area contributed by atoms with Gasteiger partial charge in [0.05, 0.1) is 10.7 Å². The third-order valence-corrected chi connectivity index (χ3v) is 4.02. The summed E-state index contributed by atoms with van der Waals surface area (Å²) in [4.78, 5) is 5.72. The molecular formula is C12H13BrN2S.